The van der Waals surface area contributed by atoms with Gasteiger partial charge in [-0.3, -0.25) is 9.36 Å². The van der Waals surface area contributed by atoms with Gasteiger partial charge in [-0.25, -0.2) is 9.78 Å². The second kappa shape index (κ2) is 4.84. The number of fused-ring (bicyclic) bond motifs is 1. The molecule has 7 heteroatoms. The Morgan fingerprint density at radius 2 is 2.25 bits per heavy atom. The molecule has 0 aliphatic heterocycles. The van der Waals surface area contributed by atoms with Crippen molar-refractivity contribution in [3.05, 3.63) is 39.6 Å². The molecule has 1 unspecified atom stereocenters. The third-order valence-corrected chi connectivity index (χ3v) is 4.87. The summed E-state index contributed by atoms with van der Waals surface area (Å²) in [5.41, 5.74) is 0.513. The summed E-state index contributed by atoms with van der Waals surface area (Å²) in [4.78, 5) is 29.4. The number of aromatic nitrogens is 2. The Morgan fingerprint density at radius 3 is 2.90 bits per heavy atom. The minimum atomic E-state index is -1.05. The van der Waals surface area contributed by atoms with E-state index >= 15 is 0 Å². The van der Waals surface area contributed by atoms with E-state index in [4.69, 9.17) is 5.11 Å². The SMILES string of the molecule is CC(C(=O)O)n1cnc2scc(-c3cccs3)c2c1=O. The van der Waals surface area contributed by atoms with E-state index in [2.05, 4.69) is 4.98 Å². The average Bonchev–Trinajstić information content (AvgIpc) is 3.06. The fourth-order valence-corrected chi connectivity index (χ4v) is 3.67. The van der Waals surface area contributed by atoms with Gasteiger partial charge in [0.1, 0.15) is 10.9 Å². The van der Waals surface area contributed by atoms with Crippen LogP contribution in [0.15, 0.2) is 34.0 Å². The van der Waals surface area contributed by atoms with Crippen molar-refractivity contribution in [1.82, 2.24) is 9.55 Å². The lowest BCUT2D eigenvalue weighted by molar-refractivity contribution is -0.140. The van der Waals surface area contributed by atoms with Crippen LogP contribution in [0.3, 0.4) is 0 Å². The molecule has 5 nitrogen and oxygen atoms in total. The van der Waals surface area contributed by atoms with Gasteiger partial charge in [0.2, 0.25) is 0 Å². The van der Waals surface area contributed by atoms with E-state index in [9.17, 15) is 9.59 Å². The molecule has 0 amide bonds. The van der Waals surface area contributed by atoms with Gasteiger partial charge in [0, 0.05) is 15.8 Å². The van der Waals surface area contributed by atoms with Crippen molar-refractivity contribution < 1.29 is 9.90 Å². The zero-order chi connectivity index (χ0) is 14.3. The van der Waals surface area contributed by atoms with Gasteiger partial charge in [0.05, 0.1) is 11.7 Å². The van der Waals surface area contributed by atoms with Crippen molar-refractivity contribution in [2.24, 2.45) is 0 Å². The van der Waals surface area contributed by atoms with Crippen molar-refractivity contribution >= 4 is 38.9 Å². The van der Waals surface area contributed by atoms with E-state index in [1.54, 1.807) is 0 Å². The molecule has 3 rings (SSSR count). The van der Waals surface area contributed by atoms with Crippen LogP contribution in [0.2, 0.25) is 0 Å². The molecule has 0 bridgehead atoms. The van der Waals surface area contributed by atoms with Gasteiger partial charge in [0.15, 0.2) is 0 Å². The summed E-state index contributed by atoms with van der Waals surface area (Å²) in [6.07, 6.45) is 1.30. The largest absolute Gasteiger partial charge is 0.480 e. The molecule has 3 heterocycles. The van der Waals surface area contributed by atoms with Crippen LogP contribution in [0.25, 0.3) is 20.7 Å². The molecule has 102 valence electrons. The van der Waals surface area contributed by atoms with Gasteiger partial charge < -0.3 is 5.11 Å². The lowest BCUT2D eigenvalue weighted by Crippen LogP contribution is -2.28. The molecule has 0 aliphatic carbocycles. The standard InChI is InChI=1S/C13H10N2O3S2/c1-7(13(17)18)15-6-14-11-10(12(15)16)8(5-20-11)9-3-2-4-19-9/h2-7H,1H3,(H,17,18). The first kappa shape index (κ1) is 13.0. The summed E-state index contributed by atoms with van der Waals surface area (Å²) < 4.78 is 1.16. The molecular formula is C13H10N2O3S2. The summed E-state index contributed by atoms with van der Waals surface area (Å²) >= 11 is 2.93. The van der Waals surface area contributed by atoms with Crippen LogP contribution in [-0.2, 0) is 4.79 Å². The molecule has 0 aromatic carbocycles. The van der Waals surface area contributed by atoms with Gasteiger partial charge in [-0.15, -0.1) is 22.7 Å². The number of nitrogens with zero attached hydrogens (tertiary/aromatic N) is 2. The normalized spacial score (nSPS) is 12.7. The molecule has 1 N–H and O–H groups in total. The number of hydrogen-bond donors (Lipinski definition) is 1. The molecule has 3 aromatic heterocycles. The Balaban J connectivity index is 2.29. The Bertz CT molecular complexity index is 833. The maximum Gasteiger partial charge on any atom is 0.326 e. The van der Waals surface area contributed by atoms with Gasteiger partial charge in [-0.05, 0) is 18.4 Å². The number of hydrogen-bond acceptors (Lipinski definition) is 5. The highest BCUT2D eigenvalue weighted by molar-refractivity contribution is 7.18. The van der Waals surface area contributed by atoms with Crippen LogP contribution < -0.4 is 5.56 Å². The highest BCUT2D eigenvalue weighted by Gasteiger charge is 2.19. The van der Waals surface area contributed by atoms with Gasteiger partial charge in [-0.1, -0.05) is 6.07 Å². The molecule has 3 aromatic rings. The smallest absolute Gasteiger partial charge is 0.326 e. The summed E-state index contributed by atoms with van der Waals surface area (Å²) in [5, 5.41) is 13.4. The van der Waals surface area contributed by atoms with Crippen molar-refractivity contribution in [3.8, 4) is 10.4 Å². The quantitative estimate of drug-likeness (QED) is 0.807. The van der Waals surface area contributed by atoms with Gasteiger partial charge >= 0.3 is 5.97 Å². The number of thiophene rings is 2. The maximum atomic E-state index is 12.5. The van der Waals surface area contributed by atoms with Crippen molar-refractivity contribution in [1.29, 1.82) is 0 Å². The van der Waals surface area contributed by atoms with Crippen molar-refractivity contribution in [2.45, 2.75) is 13.0 Å². The summed E-state index contributed by atoms with van der Waals surface area (Å²) in [7, 11) is 0. The van der Waals surface area contributed by atoms with Crippen molar-refractivity contribution in [3.63, 3.8) is 0 Å². The fourth-order valence-electron chi connectivity index (χ4n) is 1.95. The van der Waals surface area contributed by atoms with Gasteiger partial charge in [-0.2, -0.15) is 0 Å². The first-order valence-electron chi connectivity index (χ1n) is 5.84. The predicted octanol–water partition coefficient (Wildman–Crippen LogP) is 2.83. The topological polar surface area (TPSA) is 72.2 Å². The molecule has 0 saturated carbocycles. The number of rotatable bonds is 3. The number of aliphatic carboxylic acids is 1. The highest BCUT2D eigenvalue weighted by Crippen LogP contribution is 2.33. The zero-order valence-electron chi connectivity index (χ0n) is 10.4. The van der Waals surface area contributed by atoms with Crippen LogP contribution in [-0.4, -0.2) is 20.6 Å². The number of carbonyl (C=O) groups is 1. The predicted molar refractivity (Wildman–Crippen MR) is 79.5 cm³/mol. The Labute approximate surface area is 121 Å². The van der Waals surface area contributed by atoms with Crippen LogP contribution >= 0.6 is 22.7 Å². The summed E-state index contributed by atoms with van der Waals surface area (Å²) in [6.45, 7) is 1.47. The second-order valence-corrected chi connectivity index (χ2v) is 6.08. The average molecular weight is 306 g/mol. The van der Waals surface area contributed by atoms with E-state index in [0.29, 0.717) is 10.2 Å². The van der Waals surface area contributed by atoms with E-state index in [0.717, 1.165) is 15.0 Å². The minimum Gasteiger partial charge on any atom is -0.480 e. The Kier molecular flexibility index (Phi) is 3.15. The van der Waals surface area contributed by atoms with E-state index < -0.39 is 12.0 Å². The molecule has 1 atom stereocenters. The van der Waals surface area contributed by atoms with Crippen molar-refractivity contribution in [2.75, 3.05) is 0 Å². The first-order valence-corrected chi connectivity index (χ1v) is 7.60. The molecule has 0 spiro atoms. The molecule has 0 fully saturated rings. The monoisotopic (exact) mass is 306 g/mol. The molecule has 20 heavy (non-hydrogen) atoms. The fraction of sp³-hybridized carbons (Fsp3) is 0.154. The molecule has 0 aliphatic rings. The molecule has 0 radical (unpaired) electrons. The second-order valence-electron chi connectivity index (χ2n) is 4.28. The van der Waals surface area contributed by atoms with Gasteiger partial charge in [0.25, 0.3) is 5.56 Å². The lowest BCUT2D eigenvalue weighted by Gasteiger charge is -2.09. The highest BCUT2D eigenvalue weighted by atomic mass is 32.1. The third-order valence-electron chi connectivity index (χ3n) is 3.08. The molecule has 0 saturated heterocycles. The van der Waals surface area contributed by atoms with Crippen LogP contribution in [0.1, 0.15) is 13.0 Å². The van der Waals surface area contributed by atoms with E-state index in [1.807, 2.05) is 22.9 Å². The number of carboxylic acids is 1. The molecular weight excluding hydrogens is 296 g/mol. The number of carboxylic acid groups (broad SMARTS) is 1. The van der Waals surface area contributed by atoms with Crippen LogP contribution in [0.4, 0.5) is 0 Å². The van der Waals surface area contributed by atoms with Crippen LogP contribution in [0.5, 0.6) is 0 Å². The Morgan fingerprint density at radius 1 is 1.45 bits per heavy atom. The minimum absolute atomic E-state index is 0.311. The first-order chi connectivity index (χ1) is 9.59. The van der Waals surface area contributed by atoms with Crippen LogP contribution in [0, 0.1) is 0 Å². The Hall–Kier alpha value is -1.99. The summed E-state index contributed by atoms with van der Waals surface area (Å²) in [6, 6.07) is 2.91. The van der Waals surface area contributed by atoms with E-state index in [1.165, 1.54) is 35.9 Å². The van der Waals surface area contributed by atoms with E-state index in [-0.39, 0.29) is 5.56 Å². The maximum absolute atomic E-state index is 12.5. The summed E-state index contributed by atoms with van der Waals surface area (Å²) in [5.74, 6) is -1.05. The lowest BCUT2D eigenvalue weighted by atomic mass is 10.2. The third kappa shape index (κ3) is 1.95. The zero-order valence-corrected chi connectivity index (χ0v) is 12.1.